The first-order chi connectivity index (χ1) is 12.4. The highest BCUT2D eigenvalue weighted by Crippen LogP contribution is 2.30. The molecule has 2 unspecified atom stereocenters. The second kappa shape index (κ2) is 9.18. The van der Waals surface area contributed by atoms with Crippen LogP contribution in [0, 0.1) is 13.8 Å². The van der Waals surface area contributed by atoms with E-state index in [2.05, 4.69) is 32.3 Å². The Morgan fingerprint density at radius 3 is 2.74 bits per heavy atom. The van der Waals surface area contributed by atoms with Gasteiger partial charge in [0.15, 0.2) is 5.82 Å². The summed E-state index contributed by atoms with van der Waals surface area (Å²) in [5.74, 6) is 2.54. The molecule has 3 aromatic rings. The minimum absolute atomic E-state index is 0. The molecular formula is C17H24ClN5O2S2. The van der Waals surface area contributed by atoms with Gasteiger partial charge < -0.3 is 14.8 Å². The number of nitrogens with one attached hydrogen (secondary N) is 2. The number of thioether (sulfide) groups is 1. The molecule has 0 aliphatic rings. The van der Waals surface area contributed by atoms with Crippen LogP contribution in [-0.2, 0) is 12.2 Å². The number of fused-ring (bicyclic) bond motifs is 1. The molecule has 0 amide bonds. The van der Waals surface area contributed by atoms with Crippen LogP contribution in [-0.4, -0.2) is 33.2 Å². The van der Waals surface area contributed by atoms with Crippen LogP contribution in [0.2, 0.25) is 0 Å². The topological polar surface area (TPSA) is 96.7 Å². The molecule has 0 aliphatic heterocycles. The summed E-state index contributed by atoms with van der Waals surface area (Å²) in [5, 5.41) is 7.92. The third-order valence-corrected chi connectivity index (χ3v) is 6.61. The Hall–Kier alpha value is -1.42. The van der Waals surface area contributed by atoms with Crippen molar-refractivity contribution in [3.8, 4) is 0 Å². The van der Waals surface area contributed by atoms with Gasteiger partial charge in [-0.1, -0.05) is 5.16 Å². The third-order valence-electron chi connectivity index (χ3n) is 4.37. The number of likely N-dealkylation sites (N-methyl/N-ethyl adjacent to an activating group) is 1. The maximum Gasteiger partial charge on any atom is 0.259 e. The largest absolute Gasteiger partial charge is 0.338 e. The molecule has 10 heteroatoms. The van der Waals surface area contributed by atoms with E-state index in [1.807, 2.05) is 27.8 Å². The van der Waals surface area contributed by atoms with Crippen molar-refractivity contribution in [2.45, 2.75) is 51.2 Å². The standard InChI is InChI=1S/C17H23N5O2S2.ClH/c1-8(18-5)6-12-20-16(24-22-12)11(4)25-7-13-19-15(23)14-9(2)10(3)26-17(14)21-13;/h8,11,18H,6-7H2,1-5H3,(H,19,21,23);1H. The van der Waals surface area contributed by atoms with Gasteiger partial charge in [-0.15, -0.1) is 35.5 Å². The summed E-state index contributed by atoms with van der Waals surface area (Å²) >= 11 is 3.17. The molecule has 3 aromatic heterocycles. The number of hydrogen-bond acceptors (Lipinski definition) is 8. The van der Waals surface area contributed by atoms with Crippen LogP contribution in [0.4, 0.5) is 0 Å². The van der Waals surface area contributed by atoms with Crippen molar-refractivity contribution >= 4 is 45.7 Å². The molecule has 3 rings (SSSR count). The molecule has 7 nitrogen and oxygen atoms in total. The van der Waals surface area contributed by atoms with Crippen molar-refractivity contribution in [1.82, 2.24) is 25.4 Å². The van der Waals surface area contributed by atoms with E-state index < -0.39 is 0 Å². The van der Waals surface area contributed by atoms with E-state index in [1.165, 1.54) is 0 Å². The summed E-state index contributed by atoms with van der Waals surface area (Å²) < 4.78 is 5.37. The number of thiophene rings is 1. The van der Waals surface area contributed by atoms with Gasteiger partial charge >= 0.3 is 0 Å². The van der Waals surface area contributed by atoms with E-state index in [9.17, 15) is 4.79 Å². The quantitative estimate of drug-likeness (QED) is 0.592. The highest BCUT2D eigenvalue weighted by atomic mass is 35.5. The van der Waals surface area contributed by atoms with Crippen molar-refractivity contribution in [2.75, 3.05) is 7.05 Å². The summed E-state index contributed by atoms with van der Waals surface area (Å²) in [6, 6.07) is 0.294. The van der Waals surface area contributed by atoms with Gasteiger partial charge in [0.1, 0.15) is 10.7 Å². The SMILES string of the molecule is CNC(C)Cc1noc(C(C)SCc2nc3sc(C)c(C)c3c(=O)[nH]2)n1.Cl. The molecule has 2 atom stereocenters. The fraction of sp³-hybridized carbons (Fsp3) is 0.529. The van der Waals surface area contributed by atoms with Gasteiger partial charge in [-0.3, -0.25) is 4.79 Å². The van der Waals surface area contributed by atoms with E-state index in [0.29, 0.717) is 34.7 Å². The van der Waals surface area contributed by atoms with Crippen molar-refractivity contribution < 1.29 is 4.52 Å². The van der Waals surface area contributed by atoms with Gasteiger partial charge in [-0.2, -0.15) is 4.98 Å². The Balaban J connectivity index is 0.00000261. The molecule has 0 aromatic carbocycles. The Kier molecular flexibility index (Phi) is 7.44. The van der Waals surface area contributed by atoms with Gasteiger partial charge in [-0.05, 0) is 40.3 Å². The number of nitrogens with zero attached hydrogens (tertiary/aromatic N) is 3. The number of aromatic nitrogens is 4. The lowest BCUT2D eigenvalue weighted by molar-refractivity contribution is 0.373. The monoisotopic (exact) mass is 429 g/mol. The lowest BCUT2D eigenvalue weighted by atomic mass is 10.2. The minimum Gasteiger partial charge on any atom is -0.338 e. The second-order valence-corrected chi connectivity index (χ2v) is 8.90. The van der Waals surface area contributed by atoms with E-state index in [4.69, 9.17) is 4.52 Å². The van der Waals surface area contributed by atoms with Crippen molar-refractivity contribution in [2.24, 2.45) is 0 Å². The van der Waals surface area contributed by atoms with E-state index in [0.717, 1.165) is 21.7 Å². The maximum atomic E-state index is 12.3. The number of H-pyrrole nitrogens is 1. The Morgan fingerprint density at radius 2 is 2.04 bits per heavy atom. The van der Waals surface area contributed by atoms with Crippen molar-refractivity contribution in [1.29, 1.82) is 0 Å². The molecule has 0 saturated heterocycles. The fourth-order valence-electron chi connectivity index (χ4n) is 2.53. The first-order valence-electron chi connectivity index (χ1n) is 8.49. The van der Waals surface area contributed by atoms with Crippen LogP contribution in [0.1, 0.15) is 47.1 Å². The summed E-state index contributed by atoms with van der Waals surface area (Å²) in [6.07, 6.45) is 0.722. The zero-order valence-corrected chi connectivity index (χ0v) is 18.4. The van der Waals surface area contributed by atoms with Crippen molar-refractivity contribution in [3.63, 3.8) is 0 Å². The van der Waals surface area contributed by atoms with Crippen LogP contribution in [0.5, 0.6) is 0 Å². The van der Waals surface area contributed by atoms with Gasteiger partial charge in [0.2, 0.25) is 5.89 Å². The zero-order chi connectivity index (χ0) is 18.8. The van der Waals surface area contributed by atoms with Gasteiger partial charge in [0.25, 0.3) is 5.56 Å². The number of aryl methyl sites for hydroxylation is 2. The average Bonchev–Trinajstić information content (AvgIpc) is 3.17. The third kappa shape index (κ3) is 4.90. The fourth-order valence-corrected chi connectivity index (χ4v) is 4.37. The van der Waals surface area contributed by atoms with Crippen LogP contribution in [0.3, 0.4) is 0 Å². The number of hydrogen-bond donors (Lipinski definition) is 2. The molecule has 148 valence electrons. The van der Waals surface area contributed by atoms with Gasteiger partial charge in [0, 0.05) is 17.3 Å². The summed E-state index contributed by atoms with van der Waals surface area (Å²) in [4.78, 5) is 26.2. The highest BCUT2D eigenvalue weighted by molar-refractivity contribution is 7.98. The molecule has 3 heterocycles. The number of aromatic amines is 1. The first-order valence-corrected chi connectivity index (χ1v) is 10.4. The molecule has 0 bridgehead atoms. The predicted octanol–water partition coefficient (Wildman–Crippen LogP) is 3.55. The van der Waals surface area contributed by atoms with E-state index in [-0.39, 0.29) is 23.2 Å². The van der Waals surface area contributed by atoms with Crippen LogP contribution in [0.25, 0.3) is 10.2 Å². The highest BCUT2D eigenvalue weighted by Gasteiger charge is 2.17. The van der Waals surface area contributed by atoms with E-state index in [1.54, 1.807) is 23.1 Å². The second-order valence-electron chi connectivity index (χ2n) is 6.37. The normalized spacial score (nSPS) is 13.5. The minimum atomic E-state index is -0.0683. The maximum absolute atomic E-state index is 12.3. The van der Waals surface area contributed by atoms with Gasteiger partial charge in [0.05, 0.1) is 16.4 Å². The Labute approximate surface area is 172 Å². The lowest BCUT2D eigenvalue weighted by Crippen LogP contribution is -2.24. The Bertz CT molecular complexity index is 968. The summed E-state index contributed by atoms with van der Waals surface area (Å²) in [6.45, 7) is 8.06. The smallest absolute Gasteiger partial charge is 0.259 e. The molecule has 2 N–H and O–H groups in total. The zero-order valence-electron chi connectivity index (χ0n) is 16.0. The molecule has 0 aliphatic carbocycles. The van der Waals surface area contributed by atoms with Crippen molar-refractivity contribution in [3.05, 3.63) is 38.3 Å². The molecule has 0 spiro atoms. The summed E-state index contributed by atoms with van der Waals surface area (Å²) in [7, 11) is 1.91. The van der Waals surface area contributed by atoms with E-state index >= 15 is 0 Å². The molecule has 0 saturated carbocycles. The van der Waals surface area contributed by atoms with Gasteiger partial charge in [-0.25, -0.2) is 4.98 Å². The number of rotatable bonds is 7. The Morgan fingerprint density at radius 1 is 1.30 bits per heavy atom. The molecule has 0 fully saturated rings. The van der Waals surface area contributed by atoms with Crippen LogP contribution >= 0.6 is 35.5 Å². The first kappa shape index (κ1) is 21.9. The molecular weight excluding hydrogens is 406 g/mol. The van der Waals surface area contributed by atoms with Crippen LogP contribution in [0.15, 0.2) is 9.32 Å². The lowest BCUT2D eigenvalue weighted by Gasteiger charge is -2.06. The summed E-state index contributed by atoms with van der Waals surface area (Å²) in [5.41, 5.74) is 0.946. The molecule has 0 radical (unpaired) electrons. The van der Waals surface area contributed by atoms with Crippen LogP contribution < -0.4 is 10.9 Å². The number of halogens is 1. The predicted molar refractivity (Wildman–Crippen MR) is 113 cm³/mol. The average molecular weight is 430 g/mol. The molecule has 27 heavy (non-hydrogen) atoms.